The monoisotopic (exact) mass is 488 g/mol. The number of nitrogens with zero attached hydrogens (tertiary/aromatic N) is 6. The normalized spacial score (nSPS) is 18.9. The van der Waals surface area contributed by atoms with Crippen LogP contribution in [0.5, 0.6) is 5.75 Å². The van der Waals surface area contributed by atoms with E-state index in [4.69, 9.17) is 4.74 Å². The molecule has 0 radical (unpaired) electrons. The first kappa shape index (κ1) is 22.8. The van der Waals surface area contributed by atoms with Crippen LogP contribution in [0.1, 0.15) is 16.8 Å². The van der Waals surface area contributed by atoms with Crippen molar-refractivity contribution < 1.29 is 9.53 Å². The number of nitrogens with one attached hydrogen (secondary N) is 2. The van der Waals surface area contributed by atoms with Crippen molar-refractivity contribution in [1.29, 1.82) is 0 Å². The highest BCUT2D eigenvalue weighted by Gasteiger charge is 2.30. The maximum absolute atomic E-state index is 13.5. The molecule has 6 rings (SSSR count). The Balaban J connectivity index is 1.29. The predicted molar refractivity (Wildman–Crippen MR) is 141 cm³/mol. The van der Waals surface area contributed by atoms with E-state index < -0.39 is 0 Å². The molecule has 1 amide bonds. The van der Waals surface area contributed by atoms with Gasteiger partial charge < -0.3 is 20.3 Å². The molecule has 2 aliphatic heterocycles. The fourth-order valence-corrected chi connectivity index (χ4v) is 5.60. The lowest BCUT2D eigenvalue weighted by atomic mass is 10.1. The Morgan fingerprint density at radius 2 is 1.89 bits per heavy atom. The average molecular weight is 489 g/mol. The van der Waals surface area contributed by atoms with Crippen LogP contribution in [-0.4, -0.2) is 82.8 Å². The average Bonchev–Trinajstić information content (AvgIpc) is 3.60. The van der Waals surface area contributed by atoms with E-state index in [1.54, 1.807) is 16.5 Å². The number of methoxy groups -OCH3 is 1. The van der Waals surface area contributed by atoms with Crippen LogP contribution in [0.25, 0.3) is 21.8 Å². The lowest BCUT2D eigenvalue weighted by Crippen LogP contribution is -2.49. The molecule has 2 aromatic heterocycles. The van der Waals surface area contributed by atoms with E-state index in [1.807, 2.05) is 44.7 Å². The summed E-state index contributed by atoms with van der Waals surface area (Å²) >= 11 is 0. The third kappa shape index (κ3) is 4.06. The minimum absolute atomic E-state index is 0.216. The second-order valence-corrected chi connectivity index (χ2v) is 9.74. The summed E-state index contributed by atoms with van der Waals surface area (Å²) in [5.41, 5.74) is 3.81. The van der Waals surface area contributed by atoms with Crippen molar-refractivity contribution in [1.82, 2.24) is 29.8 Å². The summed E-state index contributed by atoms with van der Waals surface area (Å²) in [5, 5.41) is 17.5. The molecule has 10 heteroatoms. The number of ether oxygens (including phenoxy) is 1. The fraction of sp³-hybridized carbons (Fsp3) is 0.423. The highest BCUT2D eigenvalue weighted by atomic mass is 16.5. The Kier molecular flexibility index (Phi) is 5.77. The van der Waals surface area contributed by atoms with Crippen molar-refractivity contribution in [3.8, 4) is 5.75 Å². The molecule has 36 heavy (non-hydrogen) atoms. The van der Waals surface area contributed by atoms with Gasteiger partial charge in [0, 0.05) is 94.3 Å². The number of aromatic nitrogens is 4. The summed E-state index contributed by atoms with van der Waals surface area (Å²) in [6.07, 6.45) is 5.09. The molecule has 1 atom stereocenters. The molecule has 2 fully saturated rings. The molecule has 188 valence electrons. The summed E-state index contributed by atoms with van der Waals surface area (Å²) in [6, 6.07) is 8.26. The van der Waals surface area contributed by atoms with Crippen LogP contribution in [0.15, 0.2) is 36.7 Å². The van der Waals surface area contributed by atoms with E-state index in [-0.39, 0.29) is 5.91 Å². The number of benzene rings is 2. The van der Waals surface area contributed by atoms with Crippen LogP contribution >= 0.6 is 0 Å². The van der Waals surface area contributed by atoms with Crippen molar-refractivity contribution in [2.75, 3.05) is 56.6 Å². The maximum atomic E-state index is 13.5. The first-order valence-corrected chi connectivity index (χ1v) is 12.5. The fourth-order valence-electron chi connectivity index (χ4n) is 5.60. The van der Waals surface area contributed by atoms with E-state index in [0.29, 0.717) is 28.6 Å². The first-order valence-electron chi connectivity index (χ1n) is 12.5. The van der Waals surface area contributed by atoms with Crippen molar-refractivity contribution in [3.05, 3.63) is 42.2 Å². The zero-order valence-electron chi connectivity index (χ0n) is 21.0. The molecule has 0 aliphatic carbocycles. The largest absolute Gasteiger partial charge is 0.494 e. The number of piperazine rings is 1. The second kappa shape index (κ2) is 9.11. The maximum Gasteiger partial charge on any atom is 0.258 e. The van der Waals surface area contributed by atoms with E-state index in [2.05, 4.69) is 36.7 Å². The summed E-state index contributed by atoms with van der Waals surface area (Å²) in [7, 11) is 5.37. The van der Waals surface area contributed by atoms with Gasteiger partial charge in [0.15, 0.2) is 0 Å². The van der Waals surface area contributed by atoms with Crippen LogP contribution in [0.4, 0.5) is 11.4 Å². The summed E-state index contributed by atoms with van der Waals surface area (Å²) in [4.78, 5) is 18.5. The molecule has 0 spiro atoms. The van der Waals surface area contributed by atoms with Gasteiger partial charge in [-0.1, -0.05) is 0 Å². The first-order chi connectivity index (χ1) is 17.5. The third-order valence-electron chi connectivity index (χ3n) is 7.37. The molecule has 2 aliphatic rings. The minimum atomic E-state index is -0.216. The molecular formula is C26H32N8O2. The van der Waals surface area contributed by atoms with Crippen LogP contribution in [-0.2, 0) is 14.1 Å². The van der Waals surface area contributed by atoms with Crippen LogP contribution < -0.4 is 20.3 Å². The Bertz CT molecular complexity index is 1440. The van der Waals surface area contributed by atoms with E-state index in [9.17, 15) is 4.79 Å². The van der Waals surface area contributed by atoms with E-state index in [1.165, 1.54) is 0 Å². The number of carbonyl (C=O) groups excluding carboxylic acids is 1. The topological polar surface area (TPSA) is 92.5 Å². The van der Waals surface area contributed by atoms with Gasteiger partial charge in [-0.25, -0.2) is 0 Å². The molecule has 4 aromatic rings. The Morgan fingerprint density at radius 3 is 2.69 bits per heavy atom. The molecule has 10 nitrogen and oxygen atoms in total. The van der Waals surface area contributed by atoms with Gasteiger partial charge in [0.25, 0.3) is 5.91 Å². The summed E-state index contributed by atoms with van der Waals surface area (Å²) in [5.74, 6) is 0.353. The number of carbonyl (C=O) groups is 1. The molecule has 2 aromatic carbocycles. The standard InChI is InChI=1S/C26H32N8O2/c1-31-14-17-12-22(24(36-3)13-21(17)29-31)28-26(35)19-4-5-23(20-16-32(2)30-25(19)20)34-9-6-18(15-34)33-10-7-27-8-11-33/h4-5,12-14,16,18,27H,6-11,15H2,1-3H3,(H,28,35). The van der Waals surface area contributed by atoms with Gasteiger partial charge >= 0.3 is 0 Å². The third-order valence-corrected chi connectivity index (χ3v) is 7.37. The van der Waals surface area contributed by atoms with Crippen molar-refractivity contribution in [2.24, 2.45) is 14.1 Å². The molecule has 0 bridgehead atoms. The smallest absolute Gasteiger partial charge is 0.258 e. The number of rotatable bonds is 5. The molecular weight excluding hydrogens is 456 g/mol. The minimum Gasteiger partial charge on any atom is -0.494 e. The SMILES string of the molecule is COc1cc2nn(C)cc2cc1NC(=O)c1ccc(N2CCC(N3CCNCC3)C2)c2cn(C)nc12. The quantitative estimate of drug-likeness (QED) is 0.445. The highest BCUT2D eigenvalue weighted by molar-refractivity contribution is 6.14. The molecule has 2 N–H and O–H groups in total. The number of aryl methyl sites for hydroxylation is 2. The zero-order chi connectivity index (χ0) is 24.8. The Morgan fingerprint density at radius 1 is 1.08 bits per heavy atom. The van der Waals surface area contributed by atoms with Crippen LogP contribution in [0.3, 0.4) is 0 Å². The lowest BCUT2D eigenvalue weighted by molar-refractivity contribution is 0.102. The lowest BCUT2D eigenvalue weighted by Gasteiger charge is -2.32. The number of hydrogen-bond donors (Lipinski definition) is 2. The highest BCUT2D eigenvalue weighted by Crippen LogP contribution is 2.34. The Hall–Kier alpha value is -3.63. The number of anilines is 2. The van der Waals surface area contributed by atoms with Gasteiger partial charge in [0.05, 0.1) is 23.9 Å². The van der Waals surface area contributed by atoms with Gasteiger partial charge in [-0.15, -0.1) is 0 Å². The van der Waals surface area contributed by atoms with Crippen molar-refractivity contribution >= 4 is 39.1 Å². The second-order valence-electron chi connectivity index (χ2n) is 9.74. The Labute approximate surface area is 209 Å². The molecule has 0 saturated carbocycles. The van der Waals surface area contributed by atoms with Gasteiger partial charge in [-0.05, 0) is 24.6 Å². The van der Waals surface area contributed by atoms with Gasteiger partial charge in [0.2, 0.25) is 0 Å². The van der Waals surface area contributed by atoms with Crippen molar-refractivity contribution in [3.63, 3.8) is 0 Å². The predicted octanol–water partition coefficient (Wildman–Crippen LogP) is 2.20. The number of amides is 1. The summed E-state index contributed by atoms with van der Waals surface area (Å²) in [6.45, 7) is 6.34. The van der Waals surface area contributed by atoms with Gasteiger partial charge in [0.1, 0.15) is 11.3 Å². The zero-order valence-corrected chi connectivity index (χ0v) is 21.0. The van der Waals surface area contributed by atoms with Gasteiger partial charge in [-0.3, -0.25) is 19.1 Å². The van der Waals surface area contributed by atoms with Crippen LogP contribution in [0, 0.1) is 0 Å². The molecule has 2 saturated heterocycles. The van der Waals surface area contributed by atoms with E-state index >= 15 is 0 Å². The van der Waals surface area contributed by atoms with Crippen molar-refractivity contribution in [2.45, 2.75) is 12.5 Å². The number of hydrogen-bond acceptors (Lipinski definition) is 7. The van der Waals surface area contributed by atoms with Crippen LogP contribution in [0.2, 0.25) is 0 Å². The summed E-state index contributed by atoms with van der Waals surface area (Å²) < 4.78 is 9.08. The van der Waals surface area contributed by atoms with E-state index in [0.717, 1.165) is 67.7 Å². The molecule has 1 unspecified atom stereocenters. The van der Waals surface area contributed by atoms with Gasteiger partial charge in [-0.2, -0.15) is 10.2 Å². The number of fused-ring (bicyclic) bond motifs is 2. The molecule has 4 heterocycles.